The van der Waals surface area contributed by atoms with Crippen LogP contribution < -0.4 is 5.32 Å². The van der Waals surface area contributed by atoms with E-state index in [-0.39, 0.29) is 29.5 Å². The minimum atomic E-state index is -0.450. The van der Waals surface area contributed by atoms with Gasteiger partial charge in [0.25, 0.3) is 0 Å². The largest absolute Gasteiger partial charge is 0.466 e. The van der Waals surface area contributed by atoms with Gasteiger partial charge in [-0.1, -0.05) is 12.1 Å². The van der Waals surface area contributed by atoms with E-state index in [0.717, 1.165) is 0 Å². The van der Waals surface area contributed by atoms with Gasteiger partial charge in [-0.3, -0.25) is 14.5 Å². The molecule has 1 aliphatic heterocycles. The Bertz CT molecular complexity index is 557. The maximum absolute atomic E-state index is 13.6. The van der Waals surface area contributed by atoms with Gasteiger partial charge in [0, 0.05) is 0 Å². The molecule has 0 saturated carbocycles. The zero-order chi connectivity index (χ0) is 16.8. The lowest BCUT2D eigenvalue weighted by Gasteiger charge is -2.34. The predicted molar refractivity (Wildman–Crippen MR) is 85.4 cm³/mol. The maximum atomic E-state index is 13.6. The number of ether oxygens (including phenoxy) is 1. The van der Waals surface area contributed by atoms with Crippen LogP contribution in [0.4, 0.5) is 10.1 Å². The summed E-state index contributed by atoms with van der Waals surface area (Å²) in [4.78, 5) is 26.0. The molecule has 1 aromatic rings. The Balaban J connectivity index is 1.87. The van der Waals surface area contributed by atoms with Crippen LogP contribution in [-0.4, -0.2) is 42.5 Å². The summed E-state index contributed by atoms with van der Waals surface area (Å²) < 4.78 is 18.6. The van der Waals surface area contributed by atoms with Crippen molar-refractivity contribution in [3.8, 4) is 0 Å². The van der Waals surface area contributed by atoms with Gasteiger partial charge in [-0.25, -0.2) is 4.39 Å². The van der Waals surface area contributed by atoms with Gasteiger partial charge in [0.2, 0.25) is 5.91 Å². The first-order chi connectivity index (χ1) is 11.0. The zero-order valence-corrected chi connectivity index (χ0v) is 13.5. The SMILES string of the molecule is CCOC(=O)C1CCN(C(C)C(=O)Nc2ccccc2F)CC1. The van der Waals surface area contributed by atoms with Crippen LogP contribution in [0.25, 0.3) is 0 Å². The molecule has 1 N–H and O–H groups in total. The summed E-state index contributed by atoms with van der Waals surface area (Å²) >= 11 is 0. The van der Waals surface area contributed by atoms with Crippen LogP contribution >= 0.6 is 0 Å². The van der Waals surface area contributed by atoms with Crippen LogP contribution in [-0.2, 0) is 14.3 Å². The lowest BCUT2D eigenvalue weighted by Crippen LogP contribution is -2.47. The van der Waals surface area contributed by atoms with Crippen LogP contribution in [0.5, 0.6) is 0 Å². The summed E-state index contributed by atoms with van der Waals surface area (Å²) in [6.07, 6.45) is 1.35. The number of nitrogens with one attached hydrogen (secondary N) is 1. The van der Waals surface area contributed by atoms with E-state index in [4.69, 9.17) is 4.74 Å². The molecule has 0 radical (unpaired) electrons. The number of esters is 1. The van der Waals surface area contributed by atoms with E-state index >= 15 is 0 Å². The third-order valence-electron chi connectivity index (χ3n) is 4.21. The molecule has 1 aromatic carbocycles. The number of anilines is 1. The molecule has 126 valence electrons. The van der Waals surface area contributed by atoms with Gasteiger partial charge in [-0.15, -0.1) is 0 Å². The highest BCUT2D eigenvalue weighted by molar-refractivity contribution is 5.94. The number of halogens is 1. The molecule has 6 heteroatoms. The Morgan fingerprint density at radius 2 is 2.00 bits per heavy atom. The Morgan fingerprint density at radius 3 is 2.61 bits per heavy atom. The van der Waals surface area contributed by atoms with Crippen molar-refractivity contribution < 1.29 is 18.7 Å². The summed E-state index contributed by atoms with van der Waals surface area (Å²) in [5, 5.41) is 2.61. The molecule has 23 heavy (non-hydrogen) atoms. The molecule has 0 aromatic heterocycles. The topological polar surface area (TPSA) is 58.6 Å². The Labute approximate surface area is 135 Å². The minimum Gasteiger partial charge on any atom is -0.466 e. The van der Waals surface area contributed by atoms with Crippen molar-refractivity contribution >= 4 is 17.6 Å². The van der Waals surface area contributed by atoms with Gasteiger partial charge in [-0.05, 0) is 51.9 Å². The Morgan fingerprint density at radius 1 is 1.35 bits per heavy atom. The smallest absolute Gasteiger partial charge is 0.309 e. The van der Waals surface area contributed by atoms with Crippen LogP contribution in [0.2, 0.25) is 0 Å². The number of amides is 1. The molecule has 1 saturated heterocycles. The average Bonchev–Trinajstić information content (AvgIpc) is 2.56. The van der Waals surface area contributed by atoms with Crippen molar-refractivity contribution in [1.82, 2.24) is 4.90 Å². The van der Waals surface area contributed by atoms with E-state index in [1.807, 2.05) is 4.90 Å². The van der Waals surface area contributed by atoms with E-state index in [1.165, 1.54) is 12.1 Å². The van der Waals surface area contributed by atoms with Crippen molar-refractivity contribution in [2.75, 3.05) is 25.0 Å². The lowest BCUT2D eigenvalue weighted by molar-refractivity contribution is -0.149. The first-order valence-electron chi connectivity index (χ1n) is 7.99. The van der Waals surface area contributed by atoms with Crippen molar-refractivity contribution in [3.05, 3.63) is 30.1 Å². The highest BCUT2D eigenvalue weighted by Crippen LogP contribution is 2.21. The number of carbonyl (C=O) groups excluding carboxylic acids is 2. The molecular formula is C17H23FN2O3. The summed E-state index contributed by atoms with van der Waals surface area (Å²) in [5.74, 6) is -0.942. The fourth-order valence-electron chi connectivity index (χ4n) is 2.75. The standard InChI is InChI=1S/C17H23FN2O3/c1-3-23-17(22)13-8-10-20(11-9-13)12(2)16(21)19-15-7-5-4-6-14(15)18/h4-7,12-13H,3,8-11H2,1-2H3,(H,19,21). The molecular weight excluding hydrogens is 299 g/mol. The monoisotopic (exact) mass is 322 g/mol. The van der Waals surface area contributed by atoms with E-state index < -0.39 is 5.82 Å². The normalized spacial score (nSPS) is 17.5. The Hall–Kier alpha value is -1.95. The highest BCUT2D eigenvalue weighted by Gasteiger charge is 2.30. The molecule has 2 rings (SSSR count). The zero-order valence-electron chi connectivity index (χ0n) is 13.5. The summed E-state index contributed by atoms with van der Waals surface area (Å²) in [5.41, 5.74) is 0.186. The van der Waals surface area contributed by atoms with Crippen LogP contribution in [0.1, 0.15) is 26.7 Å². The molecule has 0 bridgehead atoms. The molecule has 1 fully saturated rings. The van der Waals surface area contributed by atoms with Crippen LogP contribution in [0.15, 0.2) is 24.3 Å². The molecule has 0 aliphatic carbocycles. The second-order valence-electron chi connectivity index (χ2n) is 5.71. The molecule has 1 aliphatic rings. The summed E-state index contributed by atoms with van der Waals surface area (Å²) in [6.45, 7) is 5.27. The number of hydrogen-bond acceptors (Lipinski definition) is 4. The number of carbonyl (C=O) groups is 2. The second-order valence-corrected chi connectivity index (χ2v) is 5.71. The van der Waals surface area contributed by atoms with E-state index in [0.29, 0.717) is 32.5 Å². The number of para-hydroxylation sites is 1. The van der Waals surface area contributed by atoms with Gasteiger partial charge in [0.15, 0.2) is 0 Å². The Kier molecular flexibility index (Phi) is 6.10. The fraction of sp³-hybridized carbons (Fsp3) is 0.529. The van der Waals surface area contributed by atoms with E-state index in [1.54, 1.807) is 26.0 Å². The van der Waals surface area contributed by atoms with Crippen molar-refractivity contribution in [3.63, 3.8) is 0 Å². The van der Waals surface area contributed by atoms with Crippen molar-refractivity contribution in [2.45, 2.75) is 32.7 Å². The van der Waals surface area contributed by atoms with E-state index in [2.05, 4.69) is 5.32 Å². The number of benzene rings is 1. The molecule has 1 amide bonds. The third kappa shape index (κ3) is 4.51. The molecule has 0 spiro atoms. The molecule has 1 unspecified atom stereocenters. The number of rotatable bonds is 5. The van der Waals surface area contributed by atoms with Gasteiger partial charge in [-0.2, -0.15) is 0 Å². The second kappa shape index (κ2) is 8.06. The third-order valence-corrected chi connectivity index (χ3v) is 4.21. The molecule has 1 atom stereocenters. The number of nitrogens with zero attached hydrogens (tertiary/aromatic N) is 1. The quantitative estimate of drug-likeness (QED) is 0.846. The van der Waals surface area contributed by atoms with Crippen LogP contribution in [0.3, 0.4) is 0 Å². The summed E-state index contributed by atoms with van der Waals surface area (Å²) in [6, 6.07) is 5.72. The van der Waals surface area contributed by atoms with E-state index in [9.17, 15) is 14.0 Å². The first-order valence-corrected chi connectivity index (χ1v) is 7.99. The predicted octanol–water partition coefficient (Wildman–Crippen LogP) is 2.43. The number of likely N-dealkylation sites (tertiary alicyclic amines) is 1. The van der Waals surface area contributed by atoms with Gasteiger partial charge < -0.3 is 10.1 Å². The minimum absolute atomic E-state index is 0.0898. The molecule has 1 heterocycles. The van der Waals surface area contributed by atoms with Gasteiger partial charge in [0.05, 0.1) is 24.3 Å². The number of piperidine rings is 1. The van der Waals surface area contributed by atoms with Crippen molar-refractivity contribution in [1.29, 1.82) is 0 Å². The fourth-order valence-corrected chi connectivity index (χ4v) is 2.75. The van der Waals surface area contributed by atoms with Gasteiger partial charge in [0.1, 0.15) is 5.82 Å². The number of hydrogen-bond donors (Lipinski definition) is 1. The summed E-state index contributed by atoms with van der Waals surface area (Å²) in [7, 11) is 0. The van der Waals surface area contributed by atoms with Crippen molar-refractivity contribution in [2.24, 2.45) is 5.92 Å². The maximum Gasteiger partial charge on any atom is 0.309 e. The van der Waals surface area contributed by atoms with Gasteiger partial charge >= 0.3 is 5.97 Å². The lowest BCUT2D eigenvalue weighted by atomic mass is 9.96. The average molecular weight is 322 g/mol. The first kappa shape index (κ1) is 17.4. The van der Waals surface area contributed by atoms with Crippen LogP contribution in [0, 0.1) is 11.7 Å². The molecule has 5 nitrogen and oxygen atoms in total. The highest BCUT2D eigenvalue weighted by atomic mass is 19.1.